The van der Waals surface area contributed by atoms with Gasteiger partial charge in [-0.25, -0.2) is 0 Å². The first kappa shape index (κ1) is 39.5. The Balaban J connectivity index is 0.931. The van der Waals surface area contributed by atoms with Gasteiger partial charge in [0.25, 0.3) is 0 Å². The van der Waals surface area contributed by atoms with Gasteiger partial charge < -0.3 is 9.80 Å². The molecule has 0 radical (unpaired) electrons. The van der Waals surface area contributed by atoms with Crippen LogP contribution in [-0.4, -0.2) is 0 Å². The van der Waals surface area contributed by atoms with E-state index in [1.165, 1.54) is 82.5 Å². The zero-order valence-electron chi connectivity index (χ0n) is 36.2. The van der Waals surface area contributed by atoms with Gasteiger partial charge in [-0.3, -0.25) is 0 Å². The van der Waals surface area contributed by atoms with E-state index in [4.69, 9.17) is 0 Å². The lowest BCUT2D eigenvalue weighted by Gasteiger charge is -2.34. The maximum Gasteiger partial charge on any atom is 0.0601 e. The SMILES string of the molecule is CCC1(CC)c2cc(/C=C/c3ccc(-c4cc(-c5ccccc5)ccc4N4c5ccccc5Sc5ccccc54)cc3)ccc2-c2ccc(N(c3ccccc3)c3ccccc3)cc21. The van der Waals surface area contributed by atoms with Crippen LogP contribution in [0.1, 0.15) is 48.9 Å². The number of rotatable bonds is 10. The van der Waals surface area contributed by atoms with Gasteiger partial charge in [-0.05, 0) is 136 Å². The molecule has 64 heavy (non-hydrogen) atoms. The number of fused-ring (bicyclic) bond motifs is 5. The van der Waals surface area contributed by atoms with Gasteiger partial charge in [0.05, 0.1) is 17.1 Å². The summed E-state index contributed by atoms with van der Waals surface area (Å²) in [6.07, 6.45) is 6.60. The van der Waals surface area contributed by atoms with E-state index in [0.717, 1.165) is 29.9 Å². The Morgan fingerprint density at radius 2 is 0.922 bits per heavy atom. The fraction of sp³-hybridized carbons (Fsp3) is 0.0820. The number of hydrogen-bond donors (Lipinski definition) is 0. The van der Waals surface area contributed by atoms with Crippen molar-refractivity contribution in [2.45, 2.75) is 41.9 Å². The van der Waals surface area contributed by atoms with Gasteiger partial charge in [-0.1, -0.05) is 183 Å². The molecule has 2 aliphatic rings. The van der Waals surface area contributed by atoms with Crippen LogP contribution in [-0.2, 0) is 5.41 Å². The molecule has 0 N–H and O–H groups in total. The van der Waals surface area contributed by atoms with E-state index in [9.17, 15) is 0 Å². The Labute approximate surface area is 381 Å². The monoisotopic (exact) mass is 840 g/mol. The lowest BCUT2D eigenvalue weighted by Crippen LogP contribution is -2.23. The number of hydrogen-bond acceptors (Lipinski definition) is 3. The summed E-state index contributed by atoms with van der Waals surface area (Å²) in [7, 11) is 0. The molecule has 0 amide bonds. The maximum absolute atomic E-state index is 2.46. The molecule has 3 heteroatoms. The van der Waals surface area contributed by atoms with Crippen LogP contribution >= 0.6 is 11.8 Å². The molecule has 0 saturated carbocycles. The van der Waals surface area contributed by atoms with Crippen molar-refractivity contribution in [3.63, 3.8) is 0 Å². The first-order chi connectivity index (χ1) is 31.6. The second-order valence-corrected chi connectivity index (χ2v) is 17.8. The predicted molar refractivity (Wildman–Crippen MR) is 273 cm³/mol. The van der Waals surface area contributed by atoms with Crippen LogP contribution in [0.25, 0.3) is 45.5 Å². The fourth-order valence-corrected chi connectivity index (χ4v) is 11.1. The number of para-hydroxylation sites is 4. The van der Waals surface area contributed by atoms with Crippen LogP contribution in [0.3, 0.4) is 0 Å². The highest BCUT2D eigenvalue weighted by atomic mass is 32.2. The molecular formula is C61H48N2S. The molecule has 0 bridgehead atoms. The van der Waals surface area contributed by atoms with Gasteiger partial charge in [-0.15, -0.1) is 0 Å². The molecule has 2 nitrogen and oxygen atoms in total. The quantitative estimate of drug-likeness (QED) is 0.127. The van der Waals surface area contributed by atoms with Crippen molar-refractivity contribution in [1.29, 1.82) is 0 Å². The molecule has 9 aromatic rings. The molecule has 11 rings (SSSR count). The van der Waals surface area contributed by atoms with E-state index in [2.05, 4.69) is 254 Å². The summed E-state index contributed by atoms with van der Waals surface area (Å²) in [6.45, 7) is 4.71. The van der Waals surface area contributed by atoms with Crippen LogP contribution in [0.4, 0.5) is 34.1 Å². The van der Waals surface area contributed by atoms with Crippen LogP contribution in [0.15, 0.2) is 228 Å². The standard InChI is InChI=1S/C61H48N2S/c1-3-61(4-2)54-40-44(32-37-51(54)52-38-36-50(42-55(52)61)62(48-20-10-6-11-21-48)49-22-12-7-13-23-49)29-28-43-30-33-46(34-31-43)53-41-47(45-18-8-5-9-19-45)35-39-56(53)63-57-24-14-16-26-59(57)64-60-27-17-15-25-58(60)63/h5-42H,3-4H2,1-2H3/b29-28+. The molecule has 1 heterocycles. The van der Waals surface area contributed by atoms with Gasteiger partial charge >= 0.3 is 0 Å². The first-order valence-electron chi connectivity index (χ1n) is 22.5. The largest absolute Gasteiger partial charge is 0.310 e. The molecule has 1 aliphatic heterocycles. The van der Waals surface area contributed by atoms with E-state index in [1.54, 1.807) is 0 Å². The average molecular weight is 841 g/mol. The fourth-order valence-electron chi connectivity index (χ4n) is 10.1. The normalized spacial score (nSPS) is 13.2. The zero-order chi connectivity index (χ0) is 43.0. The molecule has 1 aliphatic carbocycles. The van der Waals surface area contributed by atoms with Crippen molar-refractivity contribution < 1.29 is 0 Å². The van der Waals surface area contributed by atoms with Gasteiger partial charge in [0.15, 0.2) is 0 Å². The zero-order valence-corrected chi connectivity index (χ0v) is 37.0. The Kier molecular flexibility index (Phi) is 10.3. The average Bonchev–Trinajstić information content (AvgIpc) is 3.64. The Bertz CT molecular complexity index is 3070. The highest BCUT2D eigenvalue weighted by molar-refractivity contribution is 7.99. The van der Waals surface area contributed by atoms with E-state index in [1.807, 2.05) is 11.8 Å². The van der Waals surface area contributed by atoms with Crippen molar-refractivity contribution in [2.24, 2.45) is 0 Å². The highest BCUT2D eigenvalue weighted by Crippen LogP contribution is 2.55. The third-order valence-corrected chi connectivity index (χ3v) is 14.5. The van der Waals surface area contributed by atoms with Crippen LogP contribution in [0.5, 0.6) is 0 Å². The van der Waals surface area contributed by atoms with E-state index >= 15 is 0 Å². The molecule has 0 aromatic heterocycles. The smallest absolute Gasteiger partial charge is 0.0601 e. The van der Waals surface area contributed by atoms with E-state index in [0.29, 0.717) is 0 Å². The van der Waals surface area contributed by atoms with Crippen LogP contribution < -0.4 is 9.80 Å². The summed E-state index contributed by atoms with van der Waals surface area (Å²) in [5, 5.41) is 0. The summed E-state index contributed by atoms with van der Waals surface area (Å²) >= 11 is 1.84. The topological polar surface area (TPSA) is 6.48 Å². The summed E-state index contributed by atoms with van der Waals surface area (Å²) in [4.78, 5) is 7.34. The molecule has 0 atom stereocenters. The summed E-state index contributed by atoms with van der Waals surface area (Å²) in [5.74, 6) is 0. The minimum absolute atomic E-state index is 0.0781. The Morgan fingerprint density at radius 3 is 1.55 bits per heavy atom. The van der Waals surface area contributed by atoms with Crippen LogP contribution in [0.2, 0.25) is 0 Å². The Morgan fingerprint density at radius 1 is 0.406 bits per heavy atom. The van der Waals surface area contributed by atoms with Crippen molar-refractivity contribution in [2.75, 3.05) is 9.80 Å². The maximum atomic E-state index is 2.46. The number of nitrogens with zero attached hydrogens (tertiary/aromatic N) is 2. The number of anilines is 6. The van der Waals surface area contributed by atoms with Gasteiger partial charge in [0.1, 0.15) is 0 Å². The predicted octanol–water partition coefficient (Wildman–Crippen LogP) is 17.7. The minimum atomic E-state index is -0.0781. The van der Waals surface area contributed by atoms with Gasteiger partial charge in [-0.2, -0.15) is 0 Å². The molecule has 9 aromatic carbocycles. The number of benzene rings is 9. The molecule has 0 spiro atoms. The third kappa shape index (κ3) is 6.94. The Hall–Kier alpha value is -7.33. The third-order valence-electron chi connectivity index (χ3n) is 13.3. The van der Waals surface area contributed by atoms with Crippen LogP contribution in [0, 0.1) is 0 Å². The minimum Gasteiger partial charge on any atom is -0.310 e. The summed E-state index contributed by atoms with van der Waals surface area (Å²) in [6, 6.07) is 79.9. The second-order valence-electron chi connectivity index (χ2n) is 16.8. The van der Waals surface area contributed by atoms with Gasteiger partial charge in [0, 0.05) is 37.8 Å². The first-order valence-corrected chi connectivity index (χ1v) is 23.3. The molecule has 0 unspecified atom stereocenters. The molecule has 308 valence electrons. The van der Waals surface area contributed by atoms with Crippen molar-refractivity contribution in [3.8, 4) is 33.4 Å². The summed E-state index contributed by atoms with van der Waals surface area (Å²) < 4.78 is 0. The summed E-state index contributed by atoms with van der Waals surface area (Å²) in [5.41, 5.74) is 19.7. The molecule has 0 fully saturated rings. The van der Waals surface area contributed by atoms with E-state index < -0.39 is 0 Å². The second kappa shape index (κ2) is 16.7. The molecule has 0 saturated heterocycles. The van der Waals surface area contributed by atoms with Crippen molar-refractivity contribution >= 4 is 58.0 Å². The lowest BCUT2D eigenvalue weighted by molar-refractivity contribution is 0.490. The van der Waals surface area contributed by atoms with E-state index in [-0.39, 0.29) is 5.41 Å². The van der Waals surface area contributed by atoms with Crippen molar-refractivity contribution in [3.05, 3.63) is 241 Å². The lowest BCUT2D eigenvalue weighted by atomic mass is 9.73. The molecular weight excluding hydrogens is 793 g/mol. The van der Waals surface area contributed by atoms with Gasteiger partial charge in [0.2, 0.25) is 0 Å². The van der Waals surface area contributed by atoms with Crippen molar-refractivity contribution in [1.82, 2.24) is 0 Å². The highest BCUT2D eigenvalue weighted by Gasteiger charge is 2.41.